The molecule has 2 rings (SSSR count). The highest BCUT2D eigenvalue weighted by molar-refractivity contribution is 7.91. The number of nitro groups is 1. The highest BCUT2D eigenvalue weighted by atomic mass is 35.5. The zero-order valence-electron chi connectivity index (χ0n) is 10.9. The van der Waals surface area contributed by atoms with Crippen molar-refractivity contribution in [2.45, 2.75) is 23.6 Å². The largest absolute Gasteiger partial charge is 0.314 e. The maximum Gasteiger partial charge on any atom is 0.300 e. The van der Waals surface area contributed by atoms with Crippen LogP contribution in [0.5, 0.6) is 0 Å². The monoisotopic (exact) mass is 339 g/mol. The van der Waals surface area contributed by atoms with Crippen molar-refractivity contribution in [3.05, 3.63) is 20.5 Å². The molecule has 1 aliphatic rings. The summed E-state index contributed by atoms with van der Waals surface area (Å²) < 4.78 is 26.4. The Morgan fingerprint density at radius 1 is 1.55 bits per heavy atom. The quantitative estimate of drug-likeness (QED) is 0.668. The van der Waals surface area contributed by atoms with Crippen molar-refractivity contribution in [3.63, 3.8) is 0 Å². The first-order valence-corrected chi connectivity index (χ1v) is 8.47. The molecule has 0 saturated carbocycles. The first-order chi connectivity index (χ1) is 9.16. The van der Waals surface area contributed by atoms with Gasteiger partial charge in [-0.25, -0.2) is 8.42 Å². The van der Waals surface area contributed by atoms with Crippen LogP contribution < -0.4 is 5.32 Å². The van der Waals surface area contributed by atoms with E-state index in [0.29, 0.717) is 19.6 Å². The molecule has 1 aromatic heterocycles. The Morgan fingerprint density at radius 3 is 2.70 bits per heavy atom. The average molecular weight is 340 g/mol. The Hall–Kier alpha value is -0.740. The molecule has 1 aromatic rings. The summed E-state index contributed by atoms with van der Waals surface area (Å²) in [7, 11) is -3.78. The first-order valence-electron chi connectivity index (χ1n) is 5.83. The van der Waals surface area contributed by atoms with E-state index in [1.807, 2.05) is 0 Å². The third-order valence-corrected chi connectivity index (χ3v) is 7.01. The number of sulfonamides is 1. The molecule has 0 aliphatic carbocycles. The zero-order chi connectivity index (χ0) is 15.1. The second-order valence-electron chi connectivity index (χ2n) is 5.05. The van der Waals surface area contributed by atoms with Crippen LogP contribution in [0.15, 0.2) is 10.3 Å². The van der Waals surface area contributed by atoms with E-state index >= 15 is 0 Å². The Bertz CT molecular complexity index is 641. The number of halogens is 1. The second kappa shape index (κ2) is 5.23. The maximum atomic E-state index is 12.6. The number of rotatable bonds is 3. The molecular weight excluding hydrogens is 326 g/mol. The number of nitrogens with one attached hydrogen (secondary N) is 1. The van der Waals surface area contributed by atoms with Gasteiger partial charge in [-0.2, -0.15) is 4.31 Å². The normalized spacial score (nSPS) is 19.9. The van der Waals surface area contributed by atoms with Crippen LogP contribution in [0.2, 0.25) is 4.34 Å². The number of hydrogen-bond acceptors (Lipinski definition) is 6. The van der Waals surface area contributed by atoms with E-state index < -0.39 is 20.5 Å². The highest BCUT2D eigenvalue weighted by Crippen LogP contribution is 2.38. The SMILES string of the molecule is CC1(C)CNCCN1S(=O)(=O)c1cc([N+](=O)[O-])c(Cl)s1. The molecule has 1 fully saturated rings. The molecule has 0 unspecified atom stereocenters. The van der Waals surface area contributed by atoms with Gasteiger partial charge in [0, 0.05) is 31.2 Å². The average Bonchev–Trinajstić information content (AvgIpc) is 2.71. The Balaban J connectivity index is 2.45. The predicted molar refractivity (Wildman–Crippen MR) is 76.8 cm³/mol. The summed E-state index contributed by atoms with van der Waals surface area (Å²) in [6.45, 7) is 5.00. The van der Waals surface area contributed by atoms with Gasteiger partial charge in [0.2, 0.25) is 0 Å². The van der Waals surface area contributed by atoms with Gasteiger partial charge in [-0.05, 0) is 13.8 Å². The number of piperazine rings is 1. The summed E-state index contributed by atoms with van der Waals surface area (Å²) in [5.74, 6) is 0. The van der Waals surface area contributed by atoms with Crippen molar-refractivity contribution in [1.82, 2.24) is 9.62 Å². The van der Waals surface area contributed by atoms with Gasteiger partial charge in [-0.15, -0.1) is 11.3 Å². The van der Waals surface area contributed by atoms with Crippen molar-refractivity contribution in [2.75, 3.05) is 19.6 Å². The van der Waals surface area contributed by atoms with Crippen molar-refractivity contribution >= 4 is 38.6 Å². The predicted octanol–water partition coefficient (Wildman–Crippen LogP) is 1.68. The molecule has 20 heavy (non-hydrogen) atoms. The van der Waals surface area contributed by atoms with Crippen LogP contribution in [0.4, 0.5) is 5.69 Å². The minimum atomic E-state index is -3.78. The molecular formula is C10H14ClN3O4S2. The van der Waals surface area contributed by atoms with Gasteiger partial charge in [0.05, 0.1) is 4.92 Å². The lowest BCUT2D eigenvalue weighted by Gasteiger charge is -2.41. The van der Waals surface area contributed by atoms with Crippen LogP contribution in [-0.2, 0) is 10.0 Å². The minimum absolute atomic E-state index is 0.0934. The fourth-order valence-corrected chi connectivity index (χ4v) is 5.67. The Morgan fingerprint density at radius 2 is 2.20 bits per heavy atom. The summed E-state index contributed by atoms with van der Waals surface area (Å²) in [6.07, 6.45) is 0. The van der Waals surface area contributed by atoms with Crippen LogP contribution >= 0.6 is 22.9 Å². The highest BCUT2D eigenvalue weighted by Gasteiger charge is 2.40. The molecule has 112 valence electrons. The number of hydrogen-bond donors (Lipinski definition) is 1. The van der Waals surface area contributed by atoms with Crippen LogP contribution in [0, 0.1) is 10.1 Å². The lowest BCUT2D eigenvalue weighted by molar-refractivity contribution is -0.384. The summed E-state index contributed by atoms with van der Waals surface area (Å²) in [6, 6.07) is 1.03. The van der Waals surface area contributed by atoms with Crippen LogP contribution in [0.1, 0.15) is 13.8 Å². The number of nitrogens with zero attached hydrogens (tertiary/aromatic N) is 2. The van der Waals surface area contributed by atoms with E-state index in [1.54, 1.807) is 13.8 Å². The molecule has 0 amide bonds. The third kappa shape index (κ3) is 2.68. The summed E-state index contributed by atoms with van der Waals surface area (Å²) in [4.78, 5) is 10.1. The van der Waals surface area contributed by atoms with Gasteiger partial charge < -0.3 is 5.32 Å². The zero-order valence-corrected chi connectivity index (χ0v) is 13.3. The lowest BCUT2D eigenvalue weighted by atomic mass is 10.0. The summed E-state index contributed by atoms with van der Waals surface area (Å²) >= 11 is 6.46. The molecule has 2 heterocycles. The molecule has 0 spiro atoms. The first kappa shape index (κ1) is 15.6. The van der Waals surface area contributed by atoms with E-state index in [4.69, 9.17) is 11.6 Å². The van der Waals surface area contributed by atoms with Gasteiger partial charge >= 0.3 is 0 Å². The van der Waals surface area contributed by atoms with Gasteiger partial charge in [-0.3, -0.25) is 10.1 Å². The van der Waals surface area contributed by atoms with Gasteiger partial charge in [0.1, 0.15) is 4.21 Å². The van der Waals surface area contributed by atoms with Crippen LogP contribution in [0.25, 0.3) is 0 Å². The van der Waals surface area contributed by atoms with Crippen molar-refractivity contribution in [3.8, 4) is 0 Å². The fraction of sp³-hybridized carbons (Fsp3) is 0.600. The molecule has 0 aromatic carbocycles. The van der Waals surface area contributed by atoms with Crippen LogP contribution in [-0.4, -0.2) is 42.8 Å². The standard InChI is InChI=1S/C10H14ClN3O4S2/c1-10(2)6-12-3-4-13(10)20(17,18)8-5-7(14(15)16)9(11)19-8/h5,12H,3-4,6H2,1-2H3. The van der Waals surface area contributed by atoms with E-state index in [-0.39, 0.29) is 14.2 Å². The van der Waals surface area contributed by atoms with E-state index in [1.165, 1.54) is 4.31 Å². The van der Waals surface area contributed by atoms with Gasteiger partial charge in [-0.1, -0.05) is 11.6 Å². The Kier molecular flexibility index (Phi) is 4.09. The van der Waals surface area contributed by atoms with Crippen LogP contribution in [0.3, 0.4) is 0 Å². The molecule has 1 saturated heterocycles. The molecule has 7 nitrogen and oxygen atoms in total. The topological polar surface area (TPSA) is 92.6 Å². The molecule has 1 N–H and O–H groups in total. The minimum Gasteiger partial charge on any atom is -0.314 e. The van der Waals surface area contributed by atoms with E-state index in [2.05, 4.69) is 5.32 Å². The molecule has 1 aliphatic heterocycles. The van der Waals surface area contributed by atoms with Crippen molar-refractivity contribution in [2.24, 2.45) is 0 Å². The molecule has 0 atom stereocenters. The van der Waals surface area contributed by atoms with Crippen molar-refractivity contribution in [1.29, 1.82) is 0 Å². The van der Waals surface area contributed by atoms with Crippen molar-refractivity contribution < 1.29 is 13.3 Å². The number of thiophene rings is 1. The molecule has 0 bridgehead atoms. The Labute approximate surface area is 125 Å². The summed E-state index contributed by atoms with van der Waals surface area (Å²) in [5.41, 5.74) is -0.967. The maximum absolute atomic E-state index is 12.6. The molecule has 10 heteroatoms. The van der Waals surface area contributed by atoms with Gasteiger partial charge in [0.15, 0.2) is 4.34 Å². The van der Waals surface area contributed by atoms with Gasteiger partial charge in [0.25, 0.3) is 15.7 Å². The fourth-order valence-electron chi connectivity index (χ4n) is 2.11. The lowest BCUT2D eigenvalue weighted by Crippen LogP contribution is -2.59. The van der Waals surface area contributed by atoms with E-state index in [9.17, 15) is 18.5 Å². The second-order valence-corrected chi connectivity index (χ2v) is 8.79. The smallest absolute Gasteiger partial charge is 0.300 e. The van der Waals surface area contributed by atoms with E-state index in [0.717, 1.165) is 17.4 Å². The summed E-state index contributed by atoms with van der Waals surface area (Å²) in [5, 5.41) is 13.9. The third-order valence-electron chi connectivity index (χ3n) is 3.11. The molecule has 0 radical (unpaired) electrons.